The van der Waals surface area contributed by atoms with Crippen LogP contribution < -0.4 is 10.2 Å². The monoisotopic (exact) mass is 378 g/mol. The molecule has 0 saturated heterocycles. The summed E-state index contributed by atoms with van der Waals surface area (Å²) in [5.74, 6) is 0.338. The van der Waals surface area contributed by atoms with Gasteiger partial charge in [0, 0.05) is 23.1 Å². The zero-order chi connectivity index (χ0) is 17.6. The summed E-state index contributed by atoms with van der Waals surface area (Å²) in [5.41, 5.74) is 2.12. The Bertz CT molecular complexity index is 997. The van der Waals surface area contributed by atoms with Crippen molar-refractivity contribution in [2.45, 2.75) is 18.4 Å². The van der Waals surface area contributed by atoms with Crippen LogP contribution in [0.1, 0.15) is 21.8 Å². The molecule has 0 fully saturated rings. The Morgan fingerprint density at radius 3 is 3.00 bits per heavy atom. The number of amidine groups is 1. The maximum atomic E-state index is 12.3. The normalized spacial score (nSPS) is 17.6. The molecule has 1 amide bonds. The number of hydrogen-bond acceptors (Lipinski definition) is 7. The molecule has 2 aliphatic heterocycles. The third-order valence-corrected chi connectivity index (χ3v) is 6.14. The Kier molecular flexibility index (Phi) is 3.80. The highest BCUT2D eigenvalue weighted by Gasteiger charge is 2.33. The van der Waals surface area contributed by atoms with Gasteiger partial charge in [-0.15, -0.1) is 4.40 Å². The van der Waals surface area contributed by atoms with Crippen molar-refractivity contribution in [2.24, 2.45) is 4.40 Å². The van der Waals surface area contributed by atoms with Crippen molar-refractivity contribution in [3.05, 3.63) is 41.3 Å². The first kappa shape index (κ1) is 16.2. The van der Waals surface area contributed by atoms with E-state index in [1.165, 1.54) is 11.8 Å². The third kappa shape index (κ3) is 3.14. The van der Waals surface area contributed by atoms with E-state index < -0.39 is 10.0 Å². The molecule has 2 aliphatic rings. The Morgan fingerprint density at radius 1 is 1.40 bits per heavy atom. The number of rotatable bonds is 3. The Balaban J connectivity index is 1.52. The van der Waals surface area contributed by atoms with E-state index in [0.717, 1.165) is 16.3 Å². The number of thioether (sulfide) groups is 1. The fourth-order valence-corrected chi connectivity index (χ4v) is 4.94. The topological polar surface area (TPSA) is 105 Å². The Labute approximate surface area is 148 Å². The molecule has 8 nitrogen and oxygen atoms in total. The van der Waals surface area contributed by atoms with Crippen molar-refractivity contribution in [2.75, 3.05) is 17.2 Å². The molecule has 1 N–H and O–H groups in total. The minimum Gasteiger partial charge on any atom is -0.359 e. The molecule has 0 spiro atoms. The number of nitrogens with one attached hydrogen (secondary N) is 1. The lowest BCUT2D eigenvalue weighted by Gasteiger charge is -2.22. The van der Waals surface area contributed by atoms with Crippen LogP contribution in [0.15, 0.2) is 38.1 Å². The summed E-state index contributed by atoms with van der Waals surface area (Å²) in [4.78, 5) is 15.0. The van der Waals surface area contributed by atoms with E-state index in [1.807, 2.05) is 17.9 Å². The largest absolute Gasteiger partial charge is 0.359 e. The number of anilines is 1. The van der Waals surface area contributed by atoms with Crippen molar-refractivity contribution in [1.29, 1.82) is 0 Å². The number of nitrogens with zero attached hydrogens (tertiary/aromatic N) is 3. The predicted octanol–water partition coefficient (Wildman–Crippen LogP) is 1.52. The van der Waals surface area contributed by atoms with Crippen LogP contribution in [-0.4, -0.2) is 36.9 Å². The van der Waals surface area contributed by atoms with Crippen molar-refractivity contribution in [1.82, 2.24) is 10.5 Å². The SMILES string of the molecule is Cc1cc(CNC(=O)c2ccc3c(c2)SC2=NS(=O)(=O)CCN23)on1. The van der Waals surface area contributed by atoms with Gasteiger partial charge in [-0.2, -0.15) is 0 Å². The highest BCUT2D eigenvalue weighted by Crippen LogP contribution is 2.42. The second-order valence-electron chi connectivity index (χ2n) is 5.71. The van der Waals surface area contributed by atoms with Gasteiger partial charge < -0.3 is 14.7 Å². The van der Waals surface area contributed by atoms with Crippen molar-refractivity contribution >= 4 is 38.5 Å². The Hall–Kier alpha value is -2.33. The van der Waals surface area contributed by atoms with Crippen LogP contribution in [0, 0.1) is 6.92 Å². The fraction of sp³-hybridized carbons (Fsp3) is 0.267. The van der Waals surface area contributed by atoms with Crippen LogP contribution >= 0.6 is 11.8 Å². The van der Waals surface area contributed by atoms with E-state index in [0.29, 0.717) is 23.0 Å². The highest BCUT2D eigenvalue weighted by atomic mass is 32.2. The smallest absolute Gasteiger partial charge is 0.257 e. The van der Waals surface area contributed by atoms with Gasteiger partial charge in [0.05, 0.1) is 23.7 Å². The molecule has 0 unspecified atom stereocenters. The number of benzene rings is 1. The zero-order valence-electron chi connectivity index (χ0n) is 13.2. The second-order valence-corrected chi connectivity index (χ2v) is 8.48. The molecule has 0 radical (unpaired) electrons. The molecule has 10 heteroatoms. The molecular weight excluding hydrogens is 364 g/mol. The Morgan fingerprint density at radius 2 is 2.24 bits per heavy atom. The van der Waals surface area contributed by atoms with E-state index in [-0.39, 0.29) is 18.2 Å². The van der Waals surface area contributed by atoms with E-state index in [4.69, 9.17) is 4.52 Å². The van der Waals surface area contributed by atoms with Crippen molar-refractivity contribution < 1.29 is 17.7 Å². The fourth-order valence-electron chi connectivity index (χ4n) is 2.64. The molecule has 0 atom stereocenters. The lowest BCUT2D eigenvalue weighted by Crippen LogP contribution is -2.35. The number of hydrogen-bond donors (Lipinski definition) is 1. The molecule has 2 aromatic rings. The first-order valence-electron chi connectivity index (χ1n) is 7.54. The quantitative estimate of drug-likeness (QED) is 0.863. The summed E-state index contributed by atoms with van der Waals surface area (Å²) in [6.45, 7) is 2.43. The summed E-state index contributed by atoms with van der Waals surface area (Å²) in [6, 6.07) is 7.03. The van der Waals surface area contributed by atoms with Crippen LogP contribution in [-0.2, 0) is 16.6 Å². The molecule has 130 valence electrons. The third-order valence-electron chi connectivity index (χ3n) is 3.83. The maximum Gasteiger partial charge on any atom is 0.257 e. The highest BCUT2D eigenvalue weighted by molar-refractivity contribution is 8.15. The molecule has 1 aromatic carbocycles. The van der Waals surface area contributed by atoms with Gasteiger partial charge in [0.15, 0.2) is 10.9 Å². The van der Waals surface area contributed by atoms with Gasteiger partial charge in [0.1, 0.15) is 0 Å². The first-order valence-corrected chi connectivity index (χ1v) is 9.96. The number of fused-ring (bicyclic) bond motifs is 3. The van der Waals surface area contributed by atoms with E-state index in [9.17, 15) is 13.2 Å². The number of aryl methyl sites for hydroxylation is 1. The maximum absolute atomic E-state index is 12.3. The number of aromatic nitrogens is 1. The van der Waals surface area contributed by atoms with Crippen LogP contribution in [0.4, 0.5) is 5.69 Å². The van der Waals surface area contributed by atoms with Crippen LogP contribution in [0.3, 0.4) is 0 Å². The average molecular weight is 378 g/mol. The predicted molar refractivity (Wildman–Crippen MR) is 93.3 cm³/mol. The van der Waals surface area contributed by atoms with Gasteiger partial charge >= 0.3 is 0 Å². The number of carbonyl (C=O) groups is 1. The molecule has 0 aliphatic carbocycles. The summed E-state index contributed by atoms with van der Waals surface area (Å²) in [7, 11) is -3.39. The molecular formula is C15H14N4O4S2. The van der Waals surface area contributed by atoms with E-state index in [2.05, 4.69) is 14.9 Å². The molecule has 1 aromatic heterocycles. The van der Waals surface area contributed by atoms with Gasteiger partial charge in [0.2, 0.25) is 0 Å². The summed E-state index contributed by atoms with van der Waals surface area (Å²) in [5, 5.41) is 6.98. The van der Waals surface area contributed by atoms with Crippen molar-refractivity contribution in [3.63, 3.8) is 0 Å². The molecule has 0 bridgehead atoms. The molecule has 3 heterocycles. The summed E-state index contributed by atoms with van der Waals surface area (Å²) in [6.07, 6.45) is 0. The van der Waals surface area contributed by atoms with Crippen LogP contribution in [0.5, 0.6) is 0 Å². The van der Waals surface area contributed by atoms with Gasteiger partial charge in [-0.1, -0.05) is 5.16 Å². The minimum absolute atomic E-state index is 0.00463. The number of sulfonamides is 1. The molecule has 0 saturated carbocycles. The van der Waals surface area contributed by atoms with E-state index >= 15 is 0 Å². The number of carbonyl (C=O) groups excluding carboxylic acids is 1. The first-order chi connectivity index (χ1) is 11.9. The standard InChI is InChI=1S/C15H14N4O4S2/c1-9-6-11(23-17-9)8-16-14(20)10-2-3-12-13(7-10)24-15-18-25(21,22)5-4-19(12)15/h2-3,6-7H,4-5,8H2,1H3,(H,16,20). The van der Waals surface area contributed by atoms with Crippen molar-refractivity contribution in [3.8, 4) is 0 Å². The number of amides is 1. The summed E-state index contributed by atoms with van der Waals surface area (Å²) >= 11 is 1.26. The average Bonchev–Trinajstić information content (AvgIpc) is 3.13. The van der Waals surface area contributed by atoms with Gasteiger partial charge in [-0.3, -0.25) is 4.79 Å². The summed E-state index contributed by atoms with van der Waals surface area (Å²) < 4.78 is 32.1. The van der Waals surface area contributed by atoms with Gasteiger partial charge in [-0.05, 0) is 36.9 Å². The van der Waals surface area contributed by atoms with Crippen LogP contribution in [0.2, 0.25) is 0 Å². The zero-order valence-corrected chi connectivity index (χ0v) is 14.9. The second kappa shape index (κ2) is 5.88. The van der Waals surface area contributed by atoms with Gasteiger partial charge in [0.25, 0.3) is 15.9 Å². The minimum atomic E-state index is -3.39. The lowest BCUT2D eigenvalue weighted by atomic mass is 10.2. The lowest BCUT2D eigenvalue weighted by molar-refractivity contribution is 0.0947. The van der Waals surface area contributed by atoms with Gasteiger partial charge in [-0.25, -0.2) is 8.42 Å². The molecule has 25 heavy (non-hydrogen) atoms. The van der Waals surface area contributed by atoms with E-state index in [1.54, 1.807) is 18.2 Å². The molecule has 4 rings (SSSR count). The van der Waals surface area contributed by atoms with Crippen LogP contribution in [0.25, 0.3) is 0 Å².